The smallest absolute Gasteiger partial charge is 0.0206 e. The second kappa shape index (κ2) is 7.66. The van der Waals surface area contributed by atoms with Crippen LogP contribution in [-0.2, 0) is 12.0 Å². The Labute approximate surface area is 119 Å². The summed E-state index contributed by atoms with van der Waals surface area (Å²) < 4.78 is 0. The number of nitrogens with one attached hydrogen (secondary N) is 2. The van der Waals surface area contributed by atoms with Gasteiger partial charge < -0.3 is 10.6 Å². The fraction of sp³-hybridized carbons (Fsp3) is 0.647. The molecule has 1 rings (SSSR count). The molecule has 0 aliphatic heterocycles. The molecule has 0 aromatic heterocycles. The van der Waals surface area contributed by atoms with Crippen molar-refractivity contribution in [3.05, 3.63) is 35.4 Å². The van der Waals surface area contributed by atoms with E-state index in [1.54, 1.807) is 0 Å². The summed E-state index contributed by atoms with van der Waals surface area (Å²) in [6.07, 6.45) is 0. The van der Waals surface area contributed by atoms with Crippen LogP contribution in [0.25, 0.3) is 0 Å². The lowest BCUT2D eigenvalue weighted by atomic mass is 9.87. The predicted molar refractivity (Wildman–Crippen MR) is 84.6 cm³/mol. The Hall–Kier alpha value is -0.860. The van der Waals surface area contributed by atoms with E-state index in [0.717, 1.165) is 32.1 Å². The molecule has 0 fully saturated rings. The Morgan fingerprint density at radius 1 is 0.947 bits per heavy atom. The number of benzene rings is 1. The summed E-state index contributed by atoms with van der Waals surface area (Å²) in [4.78, 5) is 0. The first-order chi connectivity index (χ1) is 8.89. The topological polar surface area (TPSA) is 24.1 Å². The van der Waals surface area contributed by atoms with Crippen molar-refractivity contribution < 1.29 is 0 Å². The van der Waals surface area contributed by atoms with Gasteiger partial charge in [-0.25, -0.2) is 0 Å². The van der Waals surface area contributed by atoms with Crippen LogP contribution in [-0.4, -0.2) is 19.6 Å². The van der Waals surface area contributed by atoms with Gasteiger partial charge in [0.1, 0.15) is 0 Å². The summed E-state index contributed by atoms with van der Waals surface area (Å²) >= 11 is 0. The van der Waals surface area contributed by atoms with Gasteiger partial charge in [-0.2, -0.15) is 0 Å². The van der Waals surface area contributed by atoms with E-state index < -0.39 is 0 Å². The van der Waals surface area contributed by atoms with Crippen molar-refractivity contribution in [1.29, 1.82) is 0 Å². The van der Waals surface area contributed by atoms with E-state index in [1.165, 1.54) is 11.1 Å². The van der Waals surface area contributed by atoms with Crippen LogP contribution in [0.1, 0.15) is 45.7 Å². The molecule has 0 saturated carbocycles. The molecule has 0 heterocycles. The summed E-state index contributed by atoms with van der Waals surface area (Å²) in [5, 5.41) is 6.91. The molecule has 108 valence electrons. The van der Waals surface area contributed by atoms with Crippen LogP contribution in [0.2, 0.25) is 0 Å². The van der Waals surface area contributed by atoms with Gasteiger partial charge in [-0.3, -0.25) is 0 Å². The molecule has 0 amide bonds. The second-order valence-corrected chi connectivity index (χ2v) is 6.72. The third-order valence-electron chi connectivity index (χ3n) is 3.18. The number of rotatable bonds is 7. The van der Waals surface area contributed by atoms with E-state index in [0.29, 0.717) is 0 Å². The van der Waals surface area contributed by atoms with Crippen molar-refractivity contribution in [2.24, 2.45) is 5.92 Å². The quantitative estimate of drug-likeness (QED) is 0.737. The summed E-state index contributed by atoms with van der Waals surface area (Å²) in [7, 11) is 0. The molecule has 2 N–H and O–H groups in total. The minimum Gasteiger partial charge on any atom is -0.315 e. The zero-order valence-corrected chi connectivity index (χ0v) is 13.2. The van der Waals surface area contributed by atoms with Gasteiger partial charge in [0.05, 0.1) is 0 Å². The number of hydrogen-bond acceptors (Lipinski definition) is 2. The Kier molecular flexibility index (Phi) is 6.53. The lowest BCUT2D eigenvalue weighted by molar-refractivity contribution is 0.535. The van der Waals surface area contributed by atoms with Gasteiger partial charge in [0, 0.05) is 19.6 Å². The Bertz CT molecular complexity index is 347. The van der Waals surface area contributed by atoms with Crippen molar-refractivity contribution in [3.63, 3.8) is 0 Å². The molecule has 2 nitrogen and oxygen atoms in total. The average molecular weight is 262 g/mol. The van der Waals surface area contributed by atoms with Crippen LogP contribution in [0, 0.1) is 5.92 Å². The summed E-state index contributed by atoms with van der Waals surface area (Å²) in [6.45, 7) is 15.3. The zero-order chi connectivity index (χ0) is 14.3. The van der Waals surface area contributed by atoms with E-state index in [2.05, 4.69) is 69.5 Å². The minimum absolute atomic E-state index is 0.243. The van der Waals surface area contributed by atoms with Crippen LogP contribution in [0.5, 0.6) is 0 Å². The lowest BCUT2D eigenvalue weighted by Gasteiger charge is -2.19. The maximum atomic E-state index is 3.47. The fourth-order valence-electron chi connectivity index (χ4n) is 1.92. The average Bonchev–Trinajstić information content (AvgIpc) is 2.32. The van der Waals surface area contributed by atoms with Crippen LogP contribution < -0.4 is 10.6 Å². The molecule has 0 atom stereocenters. The standard InChI is InChI=1S/C17H30N2/c1-14(2)12-18-10-11-19-13-15-6-8-16(9-7-15)17(3,4)5/h6-9,14,18-19H,10-13H2,1-5H3. The van der Waals surface area contributed by atoms with E-state index >= 15 is 0 Å². The van der Waals surface area contributed by atoms with Gasteiger partial charge >= 0.3 is 0 Å². The molecular weight excluding hydrogens is 232 g/mol. The molecule has 0 aliphatic rings. The molecule has 0 bridgehead atoms. The maximum absolute atomic E-state index is 3.47. The van der Waals surface area contributed by atoms with E-state index in [4.69, 9.17) is 0 Å². The highest BCUT2D eigenvalue weighted by Gasteiger charge is 2.12. The van der Waals surface area contributed by atoms with Gasteiger partial charge in [-0.05, 0) is 29.0 Å². The zero-order valence-electron chi connectivity index (χ0n) is 13.2. The highest BCUT2D eigenvalue weighted by atomic mass is 14.9. The summed E-state index contributed by atoms with van der Waals surface area (Å²) in [6, 6.07) is 8.95. The molecular formula is C17H30N2. The third-order valence-corrected chi connectivity index (χ3v) is 3.18. The maximum Gasteiger partial charge on any atom is 0.0206 e. The van der Waals surface area contributed by atoms with E-state index in [1.807, 2.05) is 0 Å². The SMILES string of the molecule is CC(C)CNCCNCc1ccc(C(C)(C)C)cc1. The highest BCUT2D eigenvalue weighted by Crippen LogP contribution is 2.21. The van der Waals surface area contributed by atoms with Crippen molar-refractivity contribution >= 4 is 0 Å². The molecule has 1 aromatic carbocycles. The van der Waals surface area contributed by atoms with Crippen LogP contribution >= 0.6 is 0 Å². The molecule has 0 aliphatic carbocycles. The second-order valence-electron chi connectivity index (χ2n) is 6.72. The summed E-state index contributed by atoms with van der Waals surface area (Å²) in [5.74, 6) is 0.727. The van der Waals surface area contributed by atoms with Gasteiger partial charge in [0.25, 0.3) is 0 Å². The van der Waals surface area contributed by atoms with Gasteiger partial charge in [0.2, 0.25) is 0 Å². The first-order valence-electron chi connectivity index (χ1n) is 7.40. The van der Waals surface area contributed by atoms with Crippen molar-refractivity contribution in [2.75, 3.05) is 19.6 Å². The molecule has 0 radical (unpaired) electrons. The highest BCUT2D eigenvalue weighted by molar-refractivity contribution is 5.27. The lowest BCUT2D eigenvalue weighted by Crippen LogP contribution is -2.29. The molecule has 2 heteroatoms. The molecule has 1 aromatic rings. The van der Waals surface area contributed by atoms with Crippen LogP contribution in [0.3, 0.4) is 0 Å². The molecule has 0 saturated heterocycles. The first kappa shape index (κ1) is 16.2. The van der Waals surface area contributed by atoms with Crippen molar-refractivity contribution in [2.45, 2.75) is 46.6 Å². The monoisotopic (exact) mass is 262 g/mol. The molecule has 19 heavy (non-hydrogen) atoms. The van der Waals surface area contributed by atoms with E-state index in [9.17, 15) is 0 Å². The van der Waals surface area contributed by atoms with Crippen LogP contribution in [0.15, 0.2) is 24.3 Å². The Morgan fingerprint density at radius 2 is 1.53 bits per heavy atom. The summed E-state index contributed by atoms with van der Waals surface area (Å²) in [5.41, 5.74) is 3.00. The van der Waals surface area contributed by atoms with Crippen LogP contribution in [0.4, 0.5) is 0 Å². The van der Waals surface area contributed by atoms with Crippen molar-refractivity contribution in [3.8, 4) is 0 Å². The van der Waals surface area contributed by atoms with Gasteiger partial charge in [0.15, 0.2) is 0 Å². The fourth-order valence-corrected chi connectivity index (χ4v) is 1.92. The first-order valence-corrected chi connectivity index (χ1v) is 7.40. The van der Waals surface area contributed by atoms with E-state index in [-0.39, 0.29) is 5.41 Å². The Morgan fingerprint density at radius 3 is 2.05 bits per heavy atom. The van der Waals surface area contributed by atoms with Crippen molar-refractivity contribution in [1.82, 2.24) is 10.6 Å². The normalized spacial score (nSPS) is 12.1. The number of hydrogen-bond donors (Lipinski definition) is 2. The van der Waals surface area contributed by atoms with Gasteiger partial charge in [-0.1, -0.05) is 58.9 Å². The molecule has 0 spiro atoms. The third kappa shape index (κ3) is 6.74. The largest absolute Gasteiger partial charge is 0.315 e. The molecule has 0 unspecified atom stereocenters. The van der Waals surface area contributed by atoms with Gasteiger partial charge in [-0.15, -0.1) is 0 Å². The predicted octanol–water partition coefficient (Wildman–Crippen LogP) is 3.32. The Balaban J connectivity index is 2.23. The minimum atomic E-state index is 0.243.